The van der Waals surface area contributed by atoms with Gasteiger partial charge in [0, 0.05) is 25.2 Å². The summed E-state index contributed by atoms with van der Waals surface area (Å²) in [6, 6.07) is 3.96. The molecule has 17 heavy (non-hydrogen) atoms. The SMILES string of the molecule is CN(Cc1cccs1)C(=O)c1nn(C)cc1N. The number of carbonyl (C=O) groups excluding carboxylic acids is 1. The van der Waals surface area contributed by atoms with E-state index in [4.69, 9.17) is 5.73 Å². The second-order valence-corrected chi connectivity index (χ2v) is 4.88. The molecule has 90 valence electrons. The van der Waals surface area contributed by atoms with Crippen LogP contribution in [0.3, 0.4) is 0 Å². The Morgan fingerprint density at radius 1 is 1.65 bits per heavy atom. The number of carbonyl (C=O) groups is 1. The van der Waals surface area contributed by atoms with Crippen LogP contribution in [0.4, 0.5) is 5.69 Å². The maximum atomic E-state index is 12.1. The largest absolute Gasteiger partial charge is 0.396 e. The van der Waals surface area contributed by atoms with Gasteiger partial charge >= 0.3 is 0 Å². The minimum Gasteiger partial charge on any atom is -0.396 e. The summed E-state index contributed by atoms with van der Waals surface area (Å²) in [5, 5.41) is 6.05. The highest BCUT2D eigenvalue weighted by molar-refractivity contribution is 7.09. The quantitative estimate of drug-likeness (QED) is 0.894. The van der Waals surface area contributed by atoms with Crippen molar-refractivity contribution < 1.29 is 4.79 Å². The number of nitrogens with two attached hydrogens (primary N) is 1. The van der Waals surface area contributed by atoms with E-state index >= 15 is 0 Å². The molecule has 1 amide bonds. The lowest BCUT2D eigenvalue weighted by atomic mass is 10.3. The number of anilines is 1. The molecule has 6 heteroatoms. The molecule has 0 saturated heterocycles. The number of amides is 1. The van der Waals surface area contributed by atoms with Crippen molar-refractivity contribution in [2.75, 3.05) is 12.8 Å². The van der Waals surface area contributed by atoms with Gasteiger partial charge in [-0.15, -0.1) is 11.3 Å². The Morgan fingerprint density at radius 3 is 2.94 bits per heavy atom. The molecular weight excluding hydrogens is 236 g/mol. The lowest BCUT2D eigenvalue weighted by Gasteiger charge is -2.14. The fourth-order valence-corrected chi connectivity index (χ4v) is 2.32. The number of aromatic nitrogens is 2. The topological polar surface area (TPSA) is 64.2 Å². The molecule has 0 spiro atoms. The number of thiophene rings is 1. The highest BCUT2D eigenvalue weighted by Gasteiger charge is 2.18. The molecular formula is C11H14N4OS. The zero-order valence-corrected chi connectivity index (χ0v) is 10.6. The van der Waals surface area contributed by atoms with E-state index in [1.807, 2.05) is 17.5 Å². The number of hydrogen-bond acceptors (Lipinski definition) is 4. The molecule has 0 aliphatic heterocycles. The summed E-state index contributed by atoms with van der Waals surface area (Å²) in [5.74, 6) is -0.156. The molecule has 2 rings (SSSR count). The van der Waals surface area contributed by atoms with Crippen LogP contribution in [0, 0.1) is 0 Å². The molecule has 0 aliphatic carbocycles. The van der Waals surface area contributed by atoms with Gasteiger partial charge in [-0.05, 0) is 11.4 Å². The molecule has 0 fully saturated rings. The van der Waals surface area contributed by atoms with E-state index in [-0.39, 0.29) is 5.91 Å². The smallest absolute Gasteiger partial charge is 0.276 e. The summed E-state index contributed by atoms with van der Waals surface area (Å²) in [4.78, 5) is 14.8. The van der Waals surface area contributed by atoms with Gasteiger partial charge in [-0.1, -0.05) is 6.07 Å². The van der Waals surface area contributed by atoms with E-state index in [1.165, 1.54) is 0 Å². The lowest BCUT2D eigenvalue weighted by molar-refractivity contribution is 0.0781. The molecule has 0 bridgehead atoms. The summed E-state index contributed by atoms with van der Waals surface area (Å²) < 4.78 is 1.54. The third kappa shape index (κ3) is 2.47. The predicted octanol–water partition coefficient (Wildman–Crippen LogP) is 1.34. The molecule has 2 heterocycles. The summed E-state index contributed by atoms with van der Waals surface area (Å²) in [6.07, 6.45) is 1.63. The maximum Gasteiger partial charge on any atom is 0.276 e. The third-order valence-electron chi connectivity index (χ3n) is 2.38. The Bertz CT molecular complexity index is 518. The third-order valence-corrected chi connectivity index (χ3v) is 3.24. The van der Waals surface area contributed by atoms with Crippen molar-refractivity contribution in [1.29, 1.82) is 0 Å². The number of hydrogen-bond donors (Lipinski definition) is 1. The first-order valence-corrected chi connectivity index (χ1v) is 6.03. The Balaban J connectivity index is 2.12. The van der Waals surface area contributed by atoms with Crippen LogP contribution in [0.1, 0.15) is 15.4 Å². The van der Waals surface area contributed by atoms with E-state index in [9.17, 15) is 4.79 Å². The first-order valence-electron chi connectivity index (χ1n) is 5.15. The molecule has 0 unspecified atom stereocenters. The van der Waals surface area contributed by atoms with Crippen molar-refractivity contribution in [1.82, 2.24) is 14.7 Å². The molecule has 2 aromatic rings. The number of aryl methyl sites for hydroxylation is 1. The Hall–Kier alpha value is -1.82. The molecule has 0 radical (unpaired) electrons. The standard InChI is InChI=1S/C11H14N4OS/c1-14(6-8-4-3-5-17-8)11(16)10-9(12)7-15(2)13-10/h3-5,7H,6,12H2,1-2H3. The van der Waals surface area contributed by atoms with Crippen LogP contribution in [-0.2, 0) is 13.6 Å². The molecule has 2 N–H and O–H groups in total. The number of nitrogens with zero attached hydrogens (tertiary/aromatic N) is 3. The Kier molecular flexibility index (Phi) is 3.14. The van der Waals surface area contributed by atoms with Gasteiger partial charge in [0.1, 0.15) is 0 Å². The second-order valence-electron chi connectivity index (χ2n) is 3.85. The van der Waals surface area contributed by atoms with Crippen molar-refractivity contribution in [3.05, 3.63) is 34.3 Å². The van der Waals surface area contributed by atoms with E-state index in [0.717, 1.165) is 4.88 Å². The van der Waals surface area contributed by atoms with Gasteiger partial charge in [0.2, 0.25) is 0 Å². The van der Waals surface area contributed by atoms with Gasteiger partial charge in [-0.25, -0.2) is 0 Å². The van der Waals surface area contributed by atoms with E-state index < -0.39 is 0 Å². The highest BCUT2D eigenvalue weighted by atomic mass is 32.1. The number of nitrogen functional groups attached to an aromatic ring is 1. The Morgan fingerprint density at radius 2 is 2.41 bits per heavy atom. The number of rotatable bonds is 3. The summed E-state index contributed by atoms with van der Waals surface area (Å²) in [7, 11) is 3.49. The normalized spacial score (nSPS) is 10.5. The molecule has 0 atom stereocenters. The monoisotopic (exact) mass is 250 g/mol. The van der Waals surface area contributed by atoms with E-state index in [1.54, 1.807) is 41.2 Å². The highest BCUT2D eigenvalue weighted by Crippen LogP contribution is 2.15. The van der Waals surface area contributed by atoms with Crippen LogP contribution in [0.5, 0.6) is 0 Å². The van der Waals surface area contributed by atoms with Gasteiger partial charge in [0.05, 0.1) is 12.2 Å². The summed E-state index contributed by atoms with van der Waals surface area (Å²) in [5.41, 5.74) is 6.45. The van der Waals surface area contributed by atoms with Crippen molar-refractivity contribution >= 4 is 22.9 Å². The van der Waals surface area contributed by atoms with Crippen LogP contribution < -0.4 is 5.73 Å². The zero-order valence-electron chi connectivity index (χ0n) is 9.75. The van der Waals surface area contributed by atoms with Gasteiger partial charge in [-0.2, -0.15) is 5.10 Å². The van der Waals surface area contributed by atoms with Gasteiger partial charge in [0.15, 0.2) is 5.69 Å². The van der Waals surface area contributed by atoms with E-state index in [0.29, 0.717) is 17.9 Å². The fourth-order valence-electron chi connectivity index (χ4n) is 1.56. The predicted molar refractivity (Wildman–Crippen MR) is 67.7 cm³/mol. The van der Waals surface area contributed by atoms with Gasteiger partial charge in [-0.3, -0.25) is 9.48 Å². The minimum atomic E-state index is -0.156. The Labute approximate surface area is 103 Å². The van der Waals surface area contributed by atoms with Crippen LogP contribution in [0.25, 0.3) is 0 Å². The maximum absolute atomic E-state index is 12.1. The molecule has 0 aromatic carbocycles. The minimum absolute atomic E-state index is 0.156. The molecule has 0 aliphatic rings. The van der Waals surface area contributed by atoms with Gasteiger partial charge in [0.25, 0.3) is 5.91 Å². The van der Waals surface area contributed by atoms with Crippen molar-refractivity contribution in [2.45, 2.75) is 6.54 Å². The zero-order chi connectivity index (χ0) is 12.4. The van der Waals surface area contributed by atoms with E-state index in [2.05, 4.69) is 5.10 Å². The first kappa shape index (κ1) is 11.7. The van der Waals surface area contributed by atoms with Crippen molar-refractivity contribution in [3.8, 4) is 0 Å². The van der Waals surface area contributed by atoms with Gasteiger partial charge < -0.3 is 10.6 Å². The van der Waals surface area contributed by atoms with Crippen LogP contribution >= 0.6 is 11.3 Å². The lowest BCUT2D eigenvalue weighted by Crippen LogP contribution is -2.27. The molecule has 0 saturated carbocycles. The average Bonchev–Trinajstić information content (AvgIpc) is 2.87. The summed E-state index contributed by atoms with van der Waals surface area (Å²) >= 11 is 1.62. The average molecular weight is 250 g/mol. The van der Waals surface area contributed by atoms with Crippen LogP contribution in [0.15, 0.2) is 23.7 Å². The summed E-state index contributed by atoms with van der Waals surface area (Å²) in [6.45, 7) is 0.576. The van der Waals surface area contributed by atoms with Crippen molar-refractivity contribution in [2.24, 2.45) is 7.05 Å². The first-order chi connectivity index (χ1) is 8.08. The molecule has 5 nitrogen and oxygen atoms in total. The second kappa shape index (κ2) is 4.58. The van der Waals surface area contributed by atoms with Crippen molar-refractivity contribution in [3.63, 3.8) is 0 Å². The van der Waals surface area contributed by atoms with Crippen LogP contribution in [0.2, 0.25) is 0 Å². The fraction of sp³-hybridized carbons (Fsp3) is 0.273. The molecule has 2 aromatic heterocycles. The van der Waals surface area contributed by atoms with Crippen LogP contribution in [-0.4, -0.2) is 27.6 Å².